The molecule has 0 saturated carbocycles. The minimum absolute atomic E-state index is 0.0702. The summed E-state index contributed by atoms with van der Waals surface area (Å²) in [7, 11) is 5.28. The lowest BCUT2D eigenvalue weighted by Crippen LogP contribution is -2.35. The summed E-state index contributed by atoms with van der Waals surface area (Å²) >= 11 is 0. The molecule has 2 radical (unpaired) electrons. The van der Waals surface area contributed by atoms with Gasteiger partial charge in [0.25, 0.3) is 0 Å². The highest BCUT2D eigenvalue weighted by atomic mass is 16.4. The van der Waals surface area contributed by atoms with Crippen LogP contribution in [0.15, 0.2) is 15.5 Å². The highest BCUT2D eigenvalue weighted by Crippen LogP contribution is 2.24. The summed E-state index contributed by atoms with van der Waals surface area (Å²) in [4.78, 5) is 23.3. The fourth-order valence-corrected chi connectivity index (χ4v) is 1.62. The van der Waals surface area contributed by atoms with E-state index in [4.69, 9.17) is 17.4 Å². The number of aliphatic carboxylic acids is 1. The predicted octanol–water partition coefficient (Wildman–Crippen LogP) is 0.848. The van der Waals surface area contributed by atoms with Gasteiger partial charge in [0.2, 0.25) is 5.43 Å². The van der Waals surface area contributed by atoms with Gasteiger partial charge in [-0.1, -0.05) is 0 Å². The van der Waals surface area contributed by atoms with Crippen molar-refractivity contribution in [3.05, 3.63) is 27.8 Å². The molecular formula is C11H14BNO4. The third kappa shape index (κ3) is 2.35. The molecule has 0 fully saturated rings. The van der Waals surface area contributed by atoms with Crippen molar-refractivity contribution in [2.45, 2.75) is 26.2 Å². The molecule has 0 unspecified atom stereocenters. The zero-order valence-electron chi connectivity index (χ0n) is 10.0. The van der Waals surface area contributed by atoms with Gasteiger partial charge in [-0.05, 0) is 27.2 Å². The summed E-state index contributed by atoms with van der Waals surface area (Å²) in [5.41, 5.74) is -1.41. The minimum Gasteiger partial charge on any atom is -0.481 e. The van der Waals surface area contributed by atoms with Crippen LogP contribution in [-0.2, 0) is 10.2 Å². The Morgan fingerprint density at radius 3 is 2.65 bits per heavy atom. The van der Waals surface area contributed by atoms with Crippen LogP contribution >= 0.6 is 0 Å². The van der Waals surface area contributed by atoms with Gasteiger partial charge in [-0.25, -0.2) is 0 Å². The van der Waals surface area contributed by atoms with Gasteiger partial charge < -0.3 is 14.8 Å². The van der Waals surface area contributed by atoms with E-state index in [1.165, 1.54) is 20.1 Å². The quantitative estimate of drug-likeness (QED) is 0.756. The lowest BCUT2D eigenvalue weighted by Gasteiger charge is -2.20. The standard InChI is InChI=1S/C11H14BNO4/c1-6-8(11(2,3)10(15)16)9(14)7(4-17-6)13-5-12/h4,13H,5H2,1-3H3,(H,15,16). The van der Waals surface area contributed by atoms with Crippen molar-refractivity contribution in [1.82, 2.24) is 0 Å². The Balaban J connectivity index is 3.48. The Labute approximate surface area is 100 Å². The van der Waals surface area contributed by atoms with E-state index in [1.807, 2.05) is 0 Å². The van der Waals surface area contributed by atoms with Crippen molar-refractivity contribution in [3.63, 3.8) is 0 Å². The molecule has 0 saturated heterocycles. The molecule has 1 heterocycles. The molecule has 0 aliphatic rings. The van der Waals surface area contributed by atoms with E-state index in [1.54, 1.807) is 6.92 Å². The second-order valence-corrected chi connectivity index (χ2v) is 4.22. The van der Waals surface area contributed by atoms with Gasteiger partial charge in [0.15, 0.2) is 0 Å². The first-order valence-electron chi connectivity index (χ1n) is 5.12. The zero-order chi connectivity index (χ0) is 13.2. The summed E-state index contributed by atoms with van der Waals surface area (Å²) in [6, 6.07) is 0. The number of aryl methyl sites for hydroxylation is 1. The molecule has 1 aromatic heterocycles. The average molecular weight is 235 g/mol. The summed E-state index contributed by atoms with van der Waals surface area (Å²) in [6.07, 6.45) is 1.31. The molecule has 5 nitrogen and oxygen atoms in total. The van der Waals surface area contributed by atoms with Crippen LogP contribution in [0.2, 0.25) is 0 Å². The number of carbonyl (C=O) groups is 1. The second-order valence-electron chi connectivity index (χ2n) is 4.22. The van der Waals surface area contributed by atoms with E-state index >= 15 is 0 Å². The summed E-state index contributed by atoms with van der Waals surface area (Å²) < 4.78 is 5.18. The number of hydrogen-bond donors (Lipinski definition) is 2. The van der Waals surface area contributed by atoms with Gasteiger partial charge in [-0.3, -0.25) is 9.59 Å². The second kappa shape index (κ2) is 4.65. The minimum atomic E-state index is -1.31. The summed E-state index contributed by atoms with van der Waals surface area (Å²) in [5.74, 6) is -0.789. The fourth-order valence-electron chi connectivity index (χ4n) is 1.62. The van der Waals surface area contributed by atoms with Gasteiger partial charge in [0.1, 0.15) is 17.7 Å². The van der Waals surface area contributed by atoms with Crippen molar-refractivity contribution in [2.75, 3.05) is 11.8 Å². The van der Waals surface area contributed by atoms with Crippen LogP contribution in [0.1, 0.15) is 25.2 Å². The summed E-state index contributed by atoms with van der Waals surface area (Å²) in [5, 5.41) is 11.8. The van der Waals surface area contributed by atoms with Crippen molar-refractivity contribution in [2.24, 2.45) is 0 Å². The van der Waals surface area contributed by atoms with Crippen LogP contribution in [0.4, 0.5) is 5.69 Å². The van der Waals surface area contributed by atoms with Crippen molar-refractivity contribution in [3.8, 4) is 0 Å². The number of hydrogen-bond acceptors (Lipinski definition) is 4. The molecule has 0 amide bonds. The fraction of sp³-hybridized carbons (Fsp3) is 0.455. The van der Waals surface area contributed by atoms with Crippen LogP contribution < -0.4 is 10.7 Å². The molecule has 2 N–H and O–H groups in total. The van der Waals surface area contributed by atoms with Gasteiger partial charge >= 0.3 is 5.97 Å². The lowest BCUT2D eigenvalue weighted by atomic mass is 9.84. The first-order valence-corrected chi connectivity index (χ1v) is 5.12. The average Bonchev–Trinajstić information content (AvgIpc) is 2.22. The van der Waals surface area contributed by atoms with Crippen molar-refractivity contribution >= 4 is 19.5 Å². The number of carboxylic acid groups (broad SMARTS) is 1. The van der Waals surface area contributed by atoms with Gasteiger partial charge in [-0.2, -0.15) is 0 Å². The Morgan fingerprint density at radius 1 is 1.59 bits per heavy atom. The van der Waals surface area contributed by atoms with Gasteiger partial charge in [0.05, 0.1) is 18.8 Å². The molecule has 0 atom stereocenters. The highest BCUT2D eigenvalue weighted by Gasteiger charge is 2.35. The molecule has 1 rings (SSSR count). The molecule has 0 aliphatic carbocycles. The molecule has 0 spiro atoms. The van der Waals surface area contributed by atoms with E-state index < -0.39 is 16.8 Å². The normalized spacial score (nSPS) is 11.2. The lowest BCUT2D eigenvalue weighted by molar-refractivity contribution is -0.142. The van der Waals surface area contributed by atoms with Gasteiger partial charge in [0, 0.05) is 0 Å². The first kappa shape index (κ1) is 13.4. The van der Waals surface area contributed by atoms with E-state index in [0.717, 1.165) is 0 Å². The van der Waals surface area contributed by atoms with Crippen LogP contribution in [0.25, 0.3) is 0 Å². The maximum Gasteiger partial charge on any atom is 0.313 e. The Morgan fingerprint density at radius 2 is 2.18 bits per heavy atom. The molecule has 6 heteroatoms. The molecule has 0 bridgehead atoms. The smallest absolute Gasteiger partial charge is 0.313 e. The largest absolute Gasteiger partial charge is 0.481 e. The number of carboxylic acids is 1. The van der Waals surface area contributed by atoms with Crippen molar-refractivity contribution in [1.29, 1.82) is 0 Å². The molecule has 0 aromatic carbocycles. The Hall–Kier alpha value is -1.72. The van der Waals surface area contributed by atoms with E-state index in [2.05, 4.69) is 5.32 Å². The predicted molar refractivity (Wildman–Crippen MR) is 64.6 cm³/mol. The Kier molecular flexibility index (Phi) is 3.65. The molecular weight excluding hydrogens is 221 g/mol. The van der Waals surface area contributed by atoms with E-state index in [9.17, 15) is 9.59 Å². The van der Waals surface area contributed by atoms with Gasteiger partial charge in [-0.15, -0.1) is 0 Å². The van der Waals surface area contributed by atoms with Crippen LogP contribution in [-0.4, -0.2) is 25.4 Å². The Bertz CT molecular complexity index is 493. The maximum atomic E-state index is 12.1. The topological polar surface area (TPSA) is 79.5 Å². The number of nitrogens with one attached hydrogen (secondary N) is 1. The van der Waals surface area contributed by atoms with E-state index in [-0.39, 0.29) is 17.7 Å². The van der Waals surface area contributed by atoms with Crippen molar-refractivity contribution < 1.29 is 14.3 Å². The molecule has 17 heavy (non-hydrogen) atoms. The number of anilines is 1. The molecule has 0 aliphatic heterocycles. The maximum absolute atomic E-state index is 12.1. The monoisotopic (exact) mass is 235 g/mol. The third-order valence-corrected chi connectivity index (χ3v) is 2.63. The summed E-state index contributed by atoms with van der Waals surface area (Å²) in [6.45, 7) is 4.48. The van der Waals surface area contributed by atoms with Crippen LogP contribution in [0, 0.1) is 6.92 Å². The third-order valence-electron chi connectivity index (χ3n) is 2.63. The highest BCUT2D eigenvalue weighted by molar-refractivity contribution is 6.10. The SMILES string of the molecule is [B]CNc1coc(C)c(C(C)(C)C(=O)O)c1=O. The molecule has 1 aromatic rings. The van der Waals surface area contributed by atoms with Crippen LogP contribution in [0.5, 0.6) is 0 Å². The van der Waals surface area contributed by atoms with Crippen LogP contribution in [0.3, 0.4) is 0 Å². The number of rotatable bonds is 4. The molecule has 90 valence electrons. The van der Waals surface area contributed by atoms with E-state index in [0.29, 0.717) is 5.76 Å². The zero-order valence-corrected chi connectivity index (χ0v) is 10.0. The first-order chi connectivity index (χ1) is 7.82.